The Morgan fingerprint density at radius 1 is 1.19 bits per heavy atom. The minimum absolute atomic E-state index is 0.0647. The molecule has 0 atom stereocenters. The van der Waals surface area contributed by atoms with Crippen LogP contribution in [0.4, 0.5) is 5.69 Å². The molecule has 1 amide bonds. The van der Waals surface area contributed by atoms with Gasteiger partial charge >= 0.3 is 0 Å². The zero-order chi connectivity index (χ0) is 15.6. The molecule has 0 saturated heterocycles. The number of carbonyl (C=O) groups is 1. The van der Waals surface area contributed by atoms with Crippen molar-refractivity contribution in [3.05, 3.63) is 52.3 Å². The highest BCUT2D eigenvalue weighted by Crippen LogP contribution is 2.19. The van der Waals surface area contributed by atoms with Crippen LogP contribution < -0.4 is 10.5 Å². The van der Waals surface area contributed by atoms with Gasteiger partial charge in [-0.05, 0) is 30.3 Å². The van der Waals surface area contributed by atoms with Crippen LogP contribution in [0.15, 0.2) is 41.3 Å². The van der Waals surface area contributed by atoms with Gasteiger partial charge in [-0.2, -0.15) is 0 Å². The molecule has 0 aliphatic carbocycles. The van der Waals surface area contributed by atoms with Crippen molar-refractivity contribution in [3.8, 4) is 0 Å². The van der Waals surface area contributed by atoms with Gasteiger partial charge in [-0.25, -0.2) is 18.5 Å². The van der Waals surface area contributed by atoms with Gasteiger partial charge in [0.15, 0.2) is 0 Å². The lowest BCUT2D eigenvalue weighted by Crippen LogP contribution is -2.16. The molecule has 0 aliphatic rings. The van der Waals surface area contributed by atoms with Crippen LogP contribution in [-0.2, 0) is 10.0 Å². The van der Waals surface area contributed by atoms with Crippen molar-refractivity contribution in [2.75, 3.05) is 5.32 Å². The zero-order valence-electron chi connectivity index (χ0n) is 10.4. The average molecular weight is 346 g/mol. The van der Waals surface area contributed by atoms with Gasteiger partial charge in [0.1, 0.15) is 10.8 Å². The highest BCUT2D eigenvalue weighted by Gasteiger charge is 2.14. The SMILES string of the molecule is NS(=O)(=O)c1cccc(NC(=O)c2nc(Cl)ccc2Cl)c1. The molecule has 1 aromatic heterocycles. The molecule has 0 spiro atoms. The van der Waals surface area contributed by atoms with E-state index < -0.39 is 15.9 Å². The Bertz CT molecular complexity index is 809. The van der Waals surface area contributed by atoms with Crippen LogP contribution in [0.3, 0.4) is 0 Å². The fraction of sp³-hybridized carbons (Fsp3) is 0. The summed E-state index contributed by atoms with van der Waals surface area (Å²) in [4.78, 5) is 15.7. The average Bonchev–Trinajstić information content (AvgIpc) is 2.41. The second-order valence-corrected chi connectivity index (χ2v) is 6.35. The van der Waals surface area contributed by atoms with Crippen molar-refractivity contribution < 1.29 is 13.2 Å². The summed E-state index contributed by atoms with van der Waals surface area (Å²) in [6.07, 6.45) is 0. The van der Waals surface area contributed by atoms with Crippen molar-refractivity contribution in [2.24, 2.45) is 5.14 Å². The molecule has 21 heavy (non-hydrogen) atoms. The number of nitrogens with one attached hydrogen (secondary N) is 1. The number of anilines is 1. The summed E-state index contributed by atoms with van der Waals surface area (Å²) in [7, 11) is -3.85. The van der Waals surface area contributed by atoms with Crippen molar-refractivity contribution in [2.45, 2.75) is 4.90 Å². The van der Waals surface area contributed by atoms with Crippen LogP contribution in [0.2, 0.25) is 10.2 Å². The van der Waals surface area contributed by atoms with Gasteiger partial charge in [0, 0.05) is 5.69 Å². The van der Waals surface area contributed by atoms with Crippen molar-refractivity contribution in [1.29, 1.82) is 0 Å². The van der Waals surface area contributed by atoms with Gasteiger partial charge in [0.2, 0.25) is 10.0 Å². The van der Waals surface area contributed by atoms with Crippen molar-refractivity contribution >= 4 is 44.8 Å². The maximum absolute atomic E-state index is 12.1. The van der Waals surface area contributed by atoms with Crippen molar-refractivity contribution in [3.63, 3.8) is 0 Å². The number of sulfonamides is 1. The summed E-state index contributed by atoms with van der Waals surface area (Å²) in [5.74, 6) is -0.617. The molecule has 9 heteroatoms. The van der Waals surface area contributed by atoms with Gasteiger partial charge < -0.3 is 5.32 Å². The fourth-order valence-corrected chi connectivity index (χ4v) is 2.42. The van der Waals surface area contributed by atoms with E-state index in [9.17, 15) is 13.2 Å². The Kier molecular flexibility index (Phi) is 4.48. The van der Waals surface area contributed by atoms with Gasteiger partial charge in [-0.15, -0.1) is 0 Å². The van der Waals surface area contributed by atoms with Gasteiger partial charge in [0.25, 0.3) is 5.91 Å². The summed E-state index contributed by atoms with van der Waals surface area (Å²) in [5, 5.41) is 7.73. The predicted molar refractivity (Wildman–Crippen MR) is 80.0 cm³/mol. The third kappa shape index (κ3) is 3.92. The molecule has 0 unspecified atom stereocenters. The number of pyridine rings is 1. The number of carbonyl (C=O) groups excluding carboxylic acids is 1. The van der Waals surface area contributed by atoms with E-state index in [1.807, 2.05) is 0 Å². The number of primary sulfonamides is 1. The van der Waals surface area contributed by atoms with E-state index in [1.54, 1.807) is 0 Å². The maximum atomic E-state index is 12.1. The van der Waals surface area contributed by atoms with E-state index >= 15 is 0 Å². The molecule has 3 N–H and O–H groups in total. The third-order valence-electron chi connectivity index (χ3n) is 2.45. The molecule has 2 aromatic rings. The van der Waals surface area contributed by atoms with Crippen LogP contribution >= 0.6 is 23.2 Å². The van der Waals surface area contributed by atoms with Gasteiger partial charge in [0.05, 0.1) is 9.92 Å². The smallest absolute Gasteiger partial charge is 0.275 e. The number of benzene rings is 1. The minimum atomic E-state index is -3.85. The van der Waals surface area contributed by atoms with E-state index in [-0.39, 0.29) is 26.5 Å². The lowest BCUT2D eigenvalue weighted by molar-refractivity contribution is 0.102. The standard InChI is InChI=1S/C12H9Cl2N3O3S/c13-9-4-5-10(14)17-11(9)12(18)16-7-2-1-3-8(6-7)21(15,19)20/h1-6H,(H,16,18)(H2,15,19,20). The van der Waals surface area contributed by atoms with Crippen LogP contribution in [0.25, 0.3) is 0 Å². The number of aromatic nitrogens is 1. The number of amides is 1. The van der Waals surface area contributed by atoms with E-state index in [2.05, 4.69) is 10.3 Å². The van der Waals surface area contributed by atoms with Crippen LogP contribution in [0, 0.1) is 0 Å². The number of hydrogen-bond acceptors (Lipinski definition) is 4. The normalized spacial score (nSPS) is 11.2. The molecule has 0 saturated carbocycles. The Morgan fingerprint density at radius 3 is 2.57 bits per heavy atom. The van der Waals surface area contributed by atoms with Crippen LogP contribution in [-0.4, -0.2) is 19.3 Å². The summed E-state index contributed by atoms with van der Waals surface area (Å²) in [6, 6.07) is 8.38. The van der Waals surface area contributed by atoms with E-state index in [1.165, 1.54) is 36.4 Å². The molecule has 1 heterocycles. The lowest BCUT2D eigenvalue weighted by Gasteiger charge is -2.07. The molecule has 0 aliphatic heterocycles. The number of nitrogens with zero attached hydrogens (tertiary/aromatic N) is 1. The lowest BCUT2D eigenvalue weighted by atomic mass is 10.3. The Morgan fingerprint density at radius 2 is 1.90 bits per heavy atom. The molecular weight excluding hydrogens is 337 g/mol. The number of rotatable bonds is 3. The molecule has 0 radical (unpaired) electrons. The predicted octanol–water partition coefficient (Wildman–Crippen LogP) is 2.29. The van der Waals surface area contributed by atoms with Crippen LogP contribution in [0.1, 0.15) is 10.5 Å². The Hall–Kier alpha value is -1.67. The van der Waals surface area contributed by atoms with Gasteiger partial charge in [-0.3, -0.25) is 4.79 Å². The number of nitrogens with two attached hydrogens (primary N) is 1. The Balaban J connectivity index is 2.30. The summed E-state index contributed by atoms with van der Waals surface area (Å²) in [5.41, 5.74) is 0.176. The van der Waals surface area contributed by atoms with Crippen molar-refractivity contribution in [1.82, 2.24) is 4.98 Å². The maximum Gasteiger partial charge on any atom is 0.275 e. The second kappa shape index (κ2) is 5.98. The minimum Gasteiger partial charge on any atom is -0.321 e. The first-order valence-corrected chi connectivity index (χ1v) is 7.84. The van der Waals surface area contributed by atoms with E-state index in [0.29, 0.717) is 0 Å². The first-order valence-electron chi connectivity index (χ1n) is 5.53. The molecule has 110 valence electrons. The fourth-order valence-electron chi connectivity index (χ4n) is 1.52. The quantitative estimate of drug-likeness (QED) is 0.833. The number of hydrogen-bond donors (Lipinski definition) is 2. The molecular formula is C12H9Cl2N3O3S. The highest BCUT2D eigenvalue weighted by atomic mass is 35.5. The topological polar surface area (TPSA) is 102 Å². The summed E-state index contributed by atoms with van der Waals surface area (Å²) >= 11 is 11.6. The molecule has 2 rings (SSSR count). The Labute approximate surface area is 130 Å². The van der Waals surface area contributed by atoms with E-state index in [0.717, 1.165) is 0 Å². The summed E-state index contributed by atoms with van der Waals surface area (Å²) < 4.78 is 22.5. The highest BCUT2D eigenvalue weighted by molar-refractivity contribution is 7.89. The van der Waals surface area contributed by atoms with Gasteiger partial charge in [-0.1, -0.05) is 29.3 Å². The zero-order valence-corrected chi connectivity index (χ0v) is 12.7. The second-order valence-electron chi connectivity index (χ2n) is 3.99. The molecule has 0 fully saturated rings. The number of halogens is 2. The van der Waals surface area contributed by atoms with E-state index in [4.69, 9.17) is 28.3 Å². The monoisotopic (exact) mass is 345 g/mol. The molecule has 1 aromatic carbocycles. The third-order valence-corrected chi connectivity index (χ3v) is 3.87. The van der Waals surface area contributed by atoms with Crippen LogP contribution in [0.5, 0.6) is 0 Å². The largest absolute Gasteiger partial charge is 0.321 e. The first kappa shape index (κ1) is 15.7. The summed E-state index contributed by atoms with van der Waals surface area (Å²) in [6.45, 7) is 0. The first-order chi connectivity index (χ1) is 9.77. The molecule has 6 nitrogen and oxygen atoms in total. The molecule has 0 bridgehead atoms.